The predicted molar refractivity (Wildman–Crippen MR) is 71.6 cm³/mol. The summed E-state index contributed by atoms with van der Waals surface area (Å²) in [7, 11) is 1.49. The molecule has 0 bridgehead atoms. The van der Waals surface area contributed by atoms with Crippen molar-refractivity contribution in [1.29, 1.82) is 0 Å². The molecule has 1 rings (SSSR count). The molecule has 0 aromatic heterocycles. The van der Waals surface area contributed by atoms with Gasteiger partial charge in [0.05, 0.1) is 13.3 Å². The standard InChI is InChI=1S/C12H19NO3Si/c1-14-11-7-6-10(9-13-15-2)8-12(11)16-17(3,4)5/h6-9H,1-5H3. The molecule has 0 N–H and O–H groups in total. The normalized spacial score (nSPS) is 11.6. The summed E-state index contributed by atoms with van der Waals surface area (Å²) in [5, 5.41) is 3.73. The Labute approximate surface area is 103 Å². The molecule has 0 saturated heterocycles. The zero-order chi connectivity index (χ0) is 12.9. The van der Waals surface area contributed by atoms with Crippen LogP contribution in [0.3, 0.4) is 0 Å². The van der Waals surface area contributed by atoms with Gasteiger partial charge >= 0.3 is 0 Å². The second kappa shape index (κ2) is 5.72. The lowest BCUT2D eigenvalue weighted by atomic mass is 10.2. The first-order valence-corrected chi connectivity index (χ1v) is 8.80. The van der Waals surface area contributed by atoms with Crippen LogP contribution >= 0.6 is 0 Å². The molecule has 1 aromatic rings. The molecule has 4 nitrogen and oxygen atoms in total. The molecule has 0 heterocycles. The summed E-state index contributed by atoms with van der Waals surface area (Å²) in [6.45, 7) is 6.38. The number of methoxy groups -OCH3 is 1. The van der Waals surface area contributed by atoms with Gasteiger partial charge < -0.3 is 14.0 Å². The first-order valence-electron chi connectivity index (χ1n) is 5.40. The van der Waals surface area contributed by atoms with Crippen molar-refractivity contribution in [1.82, 2.24) is 0 Å². The summed E-state index contributed by atoms with van der Waals surface area (Å²) in [6.07, 6.45) is 1.64. The van der Waals surface area contributed by atoms with Crippen molar-refractivity contribution in [3.05, 3.63) is 23.8 Å². The SMILES string of the molecule is CON=Cc1ccc(OC)c(O[Si](C)(C)C)c1. The van der Waals surface area contributed by atoms with Crippen LogP contribution in [0.25, 0.3) is 0 Å². The van der Waals surface area contributed by atoms with E-state index in [1.165, 1.54) is 7.11 Å². The van der Waals surface area contributed by atoms with Crippen LogP contribution in [-0.2, 0) is 4.84 Å². The highest BCUT2D eigenvalue weighted by Gasteiger charge is 2.18. The third-order valence-corrected chi connectivity index (χ3v) is 2.74. The fraction of sp³-hybridized carbons (Fsp3) is 0.417. The molecule has 0 aliphatic heterocycles. The molecule has 0 fully saturated rings. The van der Waals surface area contributed by atoms with Gasteiger partial charge in [-0.3, -0.25) is 0 Å². The molecule has 0 radical (unpaired) electrons. The van der Waals surface area contributed by atoms with Crippen molar-refractivity contribution in [2.45, 2.75) is 19.6 Å². The van der Waals surface area contributed by atoms with Crippen molar-refractivity contribution in [2.24, 2.45) is 5.16 Å². The van der Waals surface area contributed by atoms with Gasteiger partial charge in [-0.15, -0.1) is 0 Å². The summed E-state index contributed by atoms with van der Waals surface area (Å²) in [5.41, 5.74) is 0.918. The van der Waals surface area contributed by atoms with Gasteiger partial charge in [0.1, 0.15) is 12.9 Å². The van der Waals surface area contributed by atoms with E-state index in [0.717, 1.165) is 17.1 Å². The fourth-order valence-corrected chi connectivity index (χ4v) is 2.12. The lowest BCUT2D eigenvalue weighted by Gasteiger charge is -2.21. The number of oxime groups is 1. The average Bonchev–Trinajstić information content (AvgIpc) is 2.24. The molecule has 17 heavy (non-hydrogen) atoms. The summed E-state index contributed by atoms with van der Waals surface area (Å²) in [5.74, 6) is 1.49. The molecule has 0 aliphatic rings. The Balaban J connectivity index is 3.02. The third kappa shape index (κ3) is 4.48. The molecule has 0 aliphatic carbocycles. The van der Waals surface area contributed by atoms with E-state index >= 15 is 0 Å². The topological polar surface area (TPSA) is 40.0 Å². The zero-order valence-corrected chi connectivity index (χ0v) is 12.0. The minimum Gasteiger partial charge on any atom is -0.542 e. The molecule has 0 spiro atoms. The lowest BCUT2D eigenvalue weighted by Crippen LogP contribution is -2.29. The van der Waals surface area contributed by atoms with E-state index in [-0.39, 0.29) is 0 Å². The van der Waals surface area contributed by atoms with E-state index in [1.807, 2.05) is 18.2 Å². The first-order chi connectivity index (χ1) is 7.96. The molecule has 0 amide bonds. The van der Waals surface area contributed by atoms with Crippen LogP contribution in [0.5, 0.6) is 11.5 Å². The van der Waals surface area contributed by atoms with Crippen LogP contribution in [-0.4, -0.2) is 28.8 Å². The van der Waals surface area contributed by atoms with E-state index in [0.29, 0.717) is 0 Å². The van der Waals surface area contributed by atoms with Gasteiger partial charge in [-0.25, -0.2) is 0 Å². The molecular formula is C12H19NO3Si. The molecule has 0 atom stereocenters. The second-order valence-electron chi connectivity index (χ2n) is 4.54. The number of hydrogen-bond acceptors (Lipinski definition) is 4. The molecule has 1 aromatic carbocycles. The highest BCUT2D eigenvalue weighted by molar-refractivity contribution is 6.70. The molecule has 5 heteroatoms. The minimum absolute atomic E-state index is 0.738. The summed E-state index contributed by atoms with van der Waals surface area (Å²) >= 11 is 0. The number of ether oxygens (including phenoxy) is 1. The number of nitrogens with zero attached hydrogens (tertiary/aromatic N) is 1. The first kappa shape index (κ1) is 13.6. The highest BCUT2D eigenvalue weighted by atomic mass is 28.4. The smallest absolute Gasteiger partial charge is 0.242 e. The zero-order valence-electron chi connectivity index (χ0n) is 11.0. The Bertz CT molecular complexity index is 399. The molecular weight excluding hydrogens is 234 g/mol. The molecule has 0 unspecified atom stereocenters. The Kier molecular flexibility index (Phi) is 4.57. The lowest BCUT2D eigenvalue weighted by molar-refractivity contribution is 0.215. The van der Waals surface area contributed by atoms with Crippen LogP contribution in [0, 0.1) is 0 Å². The Hall–Kier alpha value is -1.49. The van der Waals surface area contributed by atoms with Crippen molar-refractivity contribution in [2.75, 3.05) is 14.2 Å². The maximum atomic E-state index is 5.96. The molecule has 94 valence electrons. The van der Waals surface area contributed by atoms with E-state index < -0.39 is 8.32 Å². The quantitative estimate of drug-likeness (QED) is 0.460. The van der Waals surface area contributed by atoms with Crippen molar-refractivity contribution in [3.63, 3.8) is 0 Å². The fourth-order valence-electron chi connectivity index (χ4n) is 1.30. The van der Waals surface area contributed by atoms with Gasteiger partial charge in [0.15, 0.2) is 5.75 Å². The predicted octanol–water partition coefficient (Wildman–Crippen LogP) is 2.89. The number of rotatable bonds is 5. The number of benzene rings is 1. The monoisotopic (exact) mass is 253 g/mol. The Morgan fingerprint density at radius 2 is 1.82 bits per heavy atom. The molecule has 0 saturated carbocycles. The summed E-state index contributed by atoms with van der Waals surface area (Å²) in [4.78, 5) is 4.65. The van der Waals surface area contributed by atoms with Gasteiger partial charge in [0, 0.05) is 0 Å². The van der Waals surface area contributed by atoms with Gasteiger partial charge in [0.2, 0.25) is 8.32 Å². The summed E-state index contributed by atoms with van der Waals surface area (Å²) in [6, 6.07) is 5.67. The van der Waals surface area contributed by atoms with Crippen molar-refractivity contribution < 1.29 is 14.0 Å². The second-order valence-corrected chi connectivity index (χ2v) is 8.97. The van der Waals surface area contributed by atoms with E-state index in [4.69, 9.17) is 9.16 Å². The van der Waals surface area contributed by atoms with Gasteiger partial charge in [-0.1, -0.05) is 5.16 Å². The Morgan fingerprint density at radius 1 is 1.12 bits per heavy atom. The van der Waals surface area contributed by atoms with Gasteiger partial charge in [-0.2, -0.15) is 0 Å². The van der Waals surface area contributed by atoms with Crippen LogP contribution < -0.4 is 9.16 Å². The minimum atomic E-state index is -1.66. The van der Waals surface area contributed by atoms with Crippen LogP contribution in [0.4, 0.5) is 0 Å². The van der Waals surface area contributed by atoms with Crippen molar-refractivity contribution >= 4 is 14.5 Å². The van der Waals surface area contributed by atoms with Crippen LogP contribution in [0.15, 0.2) is 23.4 Å². The summed E-state index contributed by atoms with van der Waals surface area (Å²) < 4.78 is 11.2. The van der Waals surface area contributed by atoms with E-state index in [2.05, 4.69) is 29.6 Å². The number of hydrogen-bond donors (Lipinski definition) is 0. The average molecular weight is 253 g/mol. The van der Waals surface area contributed by atoms with Crippen LogP contribution in [0.2, 0.25) is 19.6 Å². The van der Waals surface area contributed by atoms with Crippen molar-refractivity contribution in [3.8, 4) is 11.5 Å². The van der Waals surface area contributed by atoms with E-state index in [9.17, 15) is 0 Å². The van der Waals surface area contributed by atoms with Gasteiger partial charge in [-0.05, 0) is 43.4 Å². The largest absolute Gasteiger partial charge is 0.542 e. The van der Waals surface area contributed by atoms with Gasteiger partial charge in [0.25, 0.3) is 0 Å². The maximum Gasteiger partial charge on any atom is 0.242 e. The van der Waals surface area contributed by atoms with Crippen LogP contribution in [0.1, 0.15) is 5.56 Å². The van der Waals surface area contributed by atoms with E-state index in [1.54, 1.807) is 13.3 Å². The highest BCUT2D eigenvalue weighted by Crippen LogP contribution is 2.29. The Morgan fingerprint density at radius 3 is 2.35 bits per heavy atom. The maximum absolute atomic E-state index is 5.96. The third-order valence-electron chi connectivity index (χ3n) is 1.91.